The molecule has 0 fully saturated rings. The van der Waals surface area contributed by atoms with Crippen LogP contribution in [-0.4, -0.2) is 68.4 Å². The molecule has 2 rings (SSSR count). The zero-order chi connectivity index (χ0) is 27.9. The molecule has 1 unspecified atom stereocenters. The number of hydrogen-bond acceptors (Lipinski definition) is 7. The summed E-state index contributed by atoms with van der Waals surface area (Å²) in [5.74, 6) is -4.20. The lowest BCUT2D eigenvalue weighted by Crippen LogP contribution is -2.50. The fourth-order valence-electron chi connectivity index (χ4n) is 3.24. The van der Waals surface area contributed by atoms with Crippen molar-refractivity contribution in [1.29, 1.82) is 0 Å². The van der Waals surface area contributed by atoms with Gasteiger partial charge in [-0.15, -0.1) is 0 Å². The predicted molar refractivity (Wildman–Crippen MR) is 135 cm³/mol. The van der Waals surface area contributed by atoms with Crippen LogP contribution in [0.25, 0.3) is 0 Å². The van der Waals surface area contributed by atoms with Crippen LogP contribution in [0.5, 0.6) is 0 Å². The molecule has 0 aliphatic heterocycles. The molecule has 208 valence electrons. The smallest absolute Gasteiger partial charge is 0.254 e. The highest BCUT2D eigenvalue weighted by Crippen LogP contribution is 2.17. The molecule has 0 saturated carbocycles. The SMILES string of the molecule is C[C@H](NC(=O)C(O)c1cc(F)cc(F)c1)C(=O)N[C@H](C(=O)NCCOCCOCCNCl)c1ccccc1. The van der Waals surface area contributed by atoms with Crippen molar-refractivity contribution in [1.82, 2.24) is 20.8 Å². The minimum absolute atomic E-state index is 0.171. The Morgan fingerprint density at radius 3 is 2.05 bits per heavy atom. The number of hydrogen-bond donors (Lipinski definition) is 5. The van der Waals surface area contributed by atoms with Gasteiger partial charge < -0.3 is 30.5 Å². The molecular weight excluding hydrogens is 526 g/mol. The molecule has 2 aromatic carbocycles. The van der Waals surface area contributed by atoms with E-state index < -0.39 is 47.5 Å². The predicted octanol–water partition coefficient (Wildman–Crippen LogP) is 1.25. The molecule has 3 amide bonds. The van der Waals surface area contributed by atoms with Crippen LogP contribution in [0, 0.1) is 11.6 Å². The number of amides is 3. The summed E-state index contributed by atoms with van der Waals surface area (Å²) in [4.78, 5) is 40.5. The van der Waals surface area contributed by atoms with Crippen LogP contribution in [0.3, 0.4) is 0 Å². The quantitative estimate of drug-likeness (QED) is 0.155. The summed E-state index contributed by atoms with van der Waals surface area (Å²) in [6, 6.07) is 8.39. The van der Waals surface area contributed by atoms with Crippen LogP contribution >= 0.6 is 11.8 Å². The molecule has 2 aromatic rings. The number of aliphatic hydroxyl groups is 1. The topological polar surface area (TPSA) is 138 Å². The number of nitrogens with one attached hydrogen (secondary N) is 4. The second-order valence-corrected chi connectivity index (χ2v) is 8.35. The number of rotatable bonds is 16. The van der Waals surface area contributed by atoms with Gasteiger partial charge >= 0.3 is 0 Å². The van der Waals surface area contributed by atoms with E-state index in [0.29, 0.717) is 38.0 Å². The van der Waals surface area contributed by atoms with E-state index >= 15 is 0 Å². The Morgan fingerprint density at radius 1 is 0.842 bits per heavy atom. The van der Waals surface area contributed by atoms with Crippen molar-refractivity contribution in [2.75, 3.05) is 39.5 Å². The van der Waals surface area contributed by atoms with Crippen LogP contribution in [0.15, 0.2) is 48.5 Å². The number of carbonyl (C=O) groups excluding carboxylic acids is 3. The molecule has 0 aliphatic rings. The first kappa shape index (κ1) is 31.1. The van der Waals surface area contributed by atoms with Gasteiger partial charge in [0.25, 0.3) is 5.91 Å². The van der Waals surface area contributed by atoms with Crippen LogP contribution in [-0.2, 0) is 23.9 Å². The number of halogens is 3. The van der Waals surface area contributed by atoms with Crippen molar-refractivity contribution in [2.24, 2.45) is 0 Å². The molecule has 0 aromatic heterocycles. The Labute approximate surface area is 224 Å². The summed E-state index contributed by atoms with van der Waals surface area (Å²) in [6.07, 6.45) is -1.91. The molecule has 38 heavy (non-hydrogen) atoms. The largest absolute Gasteiger partial charge is 0.378 e. The Bertz CT molecular complexity index is 1030. The number of aliphatic hydroxyl groups excluding tert-OH is 1. The lowest BCUT2D eigenvalue weighted by atomic mass is 10.1. The summed E-state index contributed by atoms with van der Waals surface area (Å²) in [7, 11) is 0. The summed E-state index contributed by atoms with van der Waals surface area (Å²) < 4.78 is 37.5. The fraction of sp³-hybridized carbons (Fsp3) is 0.400. The molecule has 0 aliphatic carbocycles. The molecule has 5 N–H and O–H groups in total. The van der Waals surface area contributed by atoms with Gasteiger partial charge in [-0.3, -0.25) is 14.4 Å². The molecule has 3 atom stereocenters. The van der Waals surface area contributed by atoms with E-state index in [1.807, 2.05) is 0 Å². The fourth-order valence-corrected chi connectivity index (χ4v) is 3.31. The minimum Gasteiger partial charge on any atom is -0.378 e. The van der Waals surface area contributed by atoms with E-state index in [1.54, 1.807) is 30.3 Å². The third-order valence-electron chi connectivity index (χ3n) is 5.14. The van der Waals surface area contributed by atoms with Crippen LogP contribution in [0.2, 0.25) is 0 Å². The van der Waals surface area contributed by atoms with Gasteiger partial charge in [0.2, 0.25) is 11.8 Å². The number of carbonyl (C=O) groups is 3. The Hall–Kier alpha value is -3.16. The zero-order valence-electron chi connectivity index (χ0n) is 20.7. The van der Waals surface area contributed by atoms with Crippen LogP contribution in [0.4, 0.5) is 8.78 Å². The van der Waals surface area contributed by atoms with Crippen LogP contribution in [0.1, 0.15) is 30.2 Å². The lowest BCUT2D eigenvalue weighted by molar-refractivity contribution is -0.135. The summed E-state index contributed by atoms with van der Waals surface area (Å²) in [5.41, 5.74) is 0.185. The van der Waals surface area contributed by atoms with Gasteiger partial charge in [-0.2, -0.15) is 0 Å². The van der Waals surface area contributed by atoms with Gasteiger partial charge in [0.1, 0.15) is 23.7 Å². The van der Waals surface area contributed by atoms with Gasteiger partial charge in [-0.05, 0) is 42.0 Å². The summed E-state index contributed by atoms with van der Waals surface area (Å²) in [6.45, 7) is 3.34. The van der Waals surface area contributed by atoms with Gasteiger partial charge in [0, 0.05) is 19.2 Å². The van der Waals surface area contributed by atoms with E-state index in [9.17, 15) is 28.3 Å². The van der Waals surface area contributed by atoms with E-state index in [4.69, 9.17) is 21.3 Å². The summed E-state index contributed by atoms with van der Waals surface area (Å²) >= 11 is 5.32. The molecule has 0 spiro atoms. The van der Waals surface area contributed by atoms with Gasteiger partial charge in [-0.25, -0.2) is 13.6 Å². The third-order valence-corrected chi connectivity index (χ3v) is 5.33. The second kappa shape index (κ2) is 16.6. The van der Waals surface area contributed by atoms with E-state index in [0.717, 1.165) is 12.1 Å². The third kappa shape index (κ3) is 10.7. The maximum absolute atomic E-state index is 13.4. The van der Waals surface area contributed by atoms with Crippen molar-refractivity contribution in [3.05, 3.63) is 71.3 Å². The first-order valence-electron chi connectivity index (χ1n) is 11.8. The van der Waals surface area contributed by atoms with E-state index in [-0.39, 0.29) is 18.7 Å². The Morgan fingerprint density at radius 2 is 1.45 bits per heavy atom. The van der Waals surface area contributed by atoms with Gasteiger partial charge in [0.15, 0.2) is 6.10 Å². The highest BCUT2D eigenvalue weighted by molar-refractivity contribution is 6.13. The average molecular weight is 557 g/mol. The van der Waals surface area contributed by atoms with Gasteiger partial charge in [0.05, 0.1) is 26.4 Å². The van der Waals surface area contributed by atoms with Crippen molar-refractivity contribution >= 4 is 29.5 Å². The molecule has 13 heteroatoms. The van der Waals surface area contributed by atoms with E-state index in [1.165, 1.54) is 6.92 Å². The maximum Gasteiger partial charge on any atom is 0.254 e. The first-order valence-corrected chi connectivity index (χ1v) is 12.2. The molecular formula is C25H31ClF2N4O6. The Kier molecular flexibility index (Phi) is 13.6. The first-order chi connectivity index (χ1) is 18.2. The molecule has 0 heterocycles. The van der Waals surface area contributed by atoms with Crippen LogP contribution < -0.4 is 20.8 Å². The monoisotopic (exact) mass is 556 g/mol. The highest BCUT2D eigenvalue weighted by atomic mass is 35.5. The standard InChI is InChI=1S/C25H31ClF2N4O6/c1-16(31-25(36)22(33)18-13-19(27)15-20(28)14-18)23(34)32-21(17-5-3-2-4-6-17)24(35)29-7-9-37-11-12-38-10-8-30-26/h2-6,13-16,21-22,30,33H,7-12H2,1H3,(H,29,35)(H,31,36)(H,32,34)/t16-,21-,22?/m0/s1. The normalized spacial score (nSPS) is 13.3. The molecule has 0 saturated heterocycles. The Balaban J connectivity index is 1.91. The molecule has 10 nitrogen and oxygen atoms in total. The van der Waals surface area contributed by atoms with Gasteiger partial charge in [-0.1, -0.05) is 30.3 Å². The number of benzene rings is 2. The second-order valence-electron chi connectivity index (χ2n) is 8.09. The van der Waals surface area contributed by atoms with E-state index in [2.05, 4.69) is 20.8 Å². The van der Waals surface area contributed by atoms with Crippen molar-refractivity contribution < 1.29 is 37.7 Å². The highest BCUT2D eigenvalue weighted by Gasteiger charge is 2.27. The lowest BCUT2D eigenvalue weighted by Gasteiger charge is -2.22. The number of ether oxygens (including phenoxy) is 2. The van der Waals surface area contributed by atoms with Crippen molar-refractivity contribution in [3.63, 3.8) is 0 Å². The van der Waals surface area contributed by atoms with Crippen molar-refractivity contribution in [3.8, 4) is 0 Å². The minimum atomic E-state index is -1.91. The average Bonchev–Trinajstić information content (AvgIpc) is 2.89. The summed E-state index contributed by atoms with van der Waals surface area (Å²) in [5, 5.41) is 17.7. The zero-order valence-corrected chi connectivity index (χ0v) is 21.5. The maximum atomic E-state index is 13.4. The molecule has 0 bridgehead atoms. The van der Waals surface area contributed by atoms with Crippen molar-refractivity contribution in [2.45, 2.75) is 25.1 Å². The molecule has 0 radical (unpaired) electrons.